The van der Waals surface area contributed by atoms with Gasteiger partial charge in [0.2, 0.25) is 0 Å². The van der Waals surface area contributed by atoms with Gasteiger partial charge in [-0.2, -0.15) is 0 Å². The zero-order valence-electron chi connectivity index (χ0n) is 28.1. The Labute approximate surface area is 299 Å². The highest BCUT2D eigenvalue weighted by molar-refractivity contribution is 6.23. The Morgan fingerprint density at radius 2 is 1.02 bits per heavy atom. The molecule has 0 atom stereocenters. The van der Waals surface area contributed by atoms with E-state index >= 15 is 0 Å². The van der Waals surface area contributed by atoms with Gasteiger partial charge in [0.1, 0.15) is 0 Å². The predicted octanol–water partition coefficient (Wildman–Crippen LogP) is 12.9. The summed E-state index contributed by atoms with van der Waals surface area (Å²) in [5.41, 5.74) is 14.3. The fraction of sp³-hybridized carbons (Fsp3) is 0. The number of hydrogen-bond acceptors (Lipinski definition) is 1. The Balaban J connectivity index is 1.12. The van der Waals surface area contributed by atoms with Crippen molar-refractivity contribution >= 4 is 65.2 Å². The molecule has 0 saturated carbocycles. The van der Waals surface area contributed by atoms with E-state index in [-0.39, 0.29) is 0 Å². The molecule has 12 rings (SSSR count). The molecule has 52 heavy (non-hydrogen) atoms. The Morgan fingerprint density at radius 3 is 1.90 bits per heavy atom. The summed E-state index contributed by atoms with van der Waals surface area (Å²) in [5, 5.41) is 10.1. The van der Waals surface area contributed by atoms with Gasteiger partial charge in [0, 0.05) is 50.2 Å². The summed E-state index contributed by atoms with van der Waals surface area (Å²) in [5.74, 6) is 0. The number of para-hydroxylation sites is 2. The third kappa shape index (κ3) is 3.72. The first kappa shape index (κ1) is 27.8. The highest BCUT2D eigenvalue weighted by atomic mass is 15.0. The molecule has 0 fully saturated rings. The number of nitrogens with zero attached hydrogens (tertiary/aromatic N) is 3. The van der Waals surface area contributed by atoms with Crippen LogP contribution in [0.3, 0.4) is 0 Å². The maximum absolute atomic E-state index is 4.88. The predicted molar refractivity (Wildman–Crippen MR) is 218 cm³/mol. The summed E-state index contributed by atoms with van der Waals surface area (Å²) in [6.07, 6.45) is 1.91. The molecule has 1 aliphatic carbocycles. The van der Waals surface area contributed by atoms with Gasteiger partial charge >= 0.3 is 0 Å². The lowest BCUT2D eigenvalue weighted by Gasteiger charge is -2.12. The first-order valence-corrected chi connectivity index (χ1v) is 17.9. The van der Waals surface area contributed by atoms with E-state index in [0.29, 0.717) is 0 Å². The van der Waals surface area contributed by atoms with Gasteiger partial charge in [0.25, 0.3) is 0 Å². The molecule has 8 aromatic carbocycles. The second kappa shape index (κ2) is 10.3. The number of benzene rings is 8. The molecule has 3 aromatic heterocycles. The second-order valence-corrected chi connectivity index (χ2v) is 14.0. The van der Waals surface area contributed by atoms with Gasteiger partial charge < -0.3 is 9.13 Å². The largest absolute Gasteiger partial charge is 0.309 e. The zero-order valence-corrected chi connectivity index (χ0v) is 28.1. The van der Waals surface area contributed by atoms with Crippen LogP contribution in [0.1, 0.15) is 0 Å². The number of rotatable bonds is 3. The number of pyridine rings is 1. The van der Waals surface area contributed by atoms with Crippen LogP contribution in [0.25, 0.3) is 110 Å². The fourth-order valence-corrected chi connectivity index (χ4v) is 9.05. The van der Waals surface area contributed by atoms with Crippen molar-refractivity contribution in [1.29, 1.82) is 0 Å². The third-order valence-electron chi connectivity index (χ3n) is 11.2. The van der Waals surface area contributed by atoms with Crippen LogP contribution in [-0.2, 0) is 0 Å². The highest BCUT2D eigenvalue weighted by Crippen LogP contribution is 2.48. The molecule has 0 saturated heterocycles. The van der Waals surface area contributed by atoms with E-state index in [1.165, 1.54) is 98.7 Å². The molecule has 3 heteroatoms. The van der Waals surface area contributed by atoms with Crippen molar-refractivity contribution in [2.24, 2.45) is 0 Å². The fourth-order valence-electron chi connectivity index (χ4n) is 9.05. The van der Waals surface area contributed by atoms with E-state index in [1.807, 2.05) is 12.3 Å². The summed E-state index contributed by atoms with van der Waals surface area (Å²) < 4.78 is 4.84. The molecule has 3 heterocycles. The Hall–Kier alpha value is -6.97. The van der Waals surface area contributed by atoms with E-state index in [1.54, 1.807) is 0 Å². The van der Waals surface area contributed by atoms with Crippen molar-refractivity contribution in [3.63, 3.8) is 0 Å². The van der Waals surface area contributed by atoms with E-state index in [0.717, 1.165) is 11.4 Å². The Bertz CT molecular complexity index is 3290. The van der Waals surface area contributed by atoms with Crippen molar-refractivity contribution in [2.75, 3.05) is 0 Å². The lowest BCUT2D eigenvalue weighted by atomic mass is 9.99. The van der Waals surface area contributed by atoms with Crippen LogP contribution in [0.2, 0.25) is 0 Å². The lowest BCUT2D eigenvalue weighted by Crippen LogP contribution is -1.95. The molecular weight excluding hydrogens is 631 g/mol. The molecule has 0 amide bonds. The topological polar surface area (TPSA) is 22.8 Å². The second-order valence-electron chi connectivity index (χ2n) is 14.0. The van der Waals surface area contributed by atoms with Gasteiger partial charge in [-0.3, -0.25) is 4.98 Å². The standard InChI is InChI=1S/C49H29N3/c1-2-12-34(13-3-1)51-43-18-7-6-15-37(43)40-27-31(20-22-44(40)51)32-21-23-45-41(28-32)48-36-14-5-4-10-30(36)19-24-46(48)52(45)35-26-33-11-8-16-38-39-17-9-25-50-49(39)42(29-35)47(33)38/h1-29H. The van der Waals surface area contributed by atoms with Gasteiger partial charge in [-0.15, -0.1) is 0 Å². The summed E-state index contributed by atoms with van der Waals surface area (Å²) in [6.45, 7) is 0. The van der Waals surface area contributed by atoms with Gasteiger partial charge in [0.05, 0.1) is 27.8 Å². The molecule has 0 N–H and O–H groups in total. The number of hydrogen-bond donors (Lipinski definition) is 0. The summed E-state index contributed by atoms with van der Waals surface area (Å²) in [6, 6.07) is 62.3. The summed E-state index contributed by atoms with van der Waals surface area (Å²) in [7, 11) is 0. The molecule has 0 aliphatic heterocycles. The van der Waals surface area contributed by atoms with E-state index in [9.17, 15) is 0 Å². The lowest BCUT2D eigenvalue weighted by molar-refractivity contribution is 1.18. The summed E-state index contributed by atoms with van der Waals surface area (Å²) >= 11 is 0. The van der Waals surface area contributed by atoms with Crippen LogP contribution >= 0.6 is 0 Å². The normalized spacial score (nSPS) is 12.2. The van der Waals surface area contributed by atoms with Crippen LogP contribution in [0.4, 0.5) is 0 Å². The van der Waals surface area contributed by atoms with E-state index in [2.05, 4.69) is 173 Å². The van der Waals surface area contributed by atoms with Gasteiger partial charge in [-0.25, -0.2) is 0 Å². The minimum Gasteiger partial charge on any atom is -0.309 e. The van der Waals surface area contributed by atoms with Crippen molar-refractivity contribution in [3.8, 4) is 44.9 Å². The SMILES string of the molecule is c1ccc(-n2c3ccccc3c3cc(-c4ccc5c(c4)c4c6ccccc6ccc4n5-c4cc5c6c(cccc6c4)-c4cccnc4-5)ccc32)cc1. The van der Waals surface area contributed by atoms with Crippen LogP contribution < -0.4 is 0 Å². The smallest absolute Gasteiger partial charge is 0.0787 e. The van der Waals surface area contributed by atoms with Crippen molar-refractivity contribution in [2.45, 2.75) is 0 Å². The Kier molecular flexibility index (Phi) is 5.50. The summed E-state index contributed by atoms with van der Waals surface area (Å²) in [4.78, 5) is 4.88. The molecule has 0 spiro atoms. The zero-order chi connectivity index (χ0) is 33.9. The van der Waals surface area contributed by atoms with Crippen molar-refractivity contribution in [3.05, 3.63) is 176 Å². The van der Waals surface area contributed by atoms with Crippen molar-refractivity contribution in [1.82, 2.24) is 14.1 Å². The molecule has 1 aliphatic rings. The van der Waals surface area contributed by atoms with E-state index in [4.69, 9.17) is 4.98 Å². The van der Waals surface area contributed by atoms with Gasteiger partial charge in [0.15, 0.2) is 0 Å². The van der Waals surface area contributed by atoms with E-state index < -0.39 is 0 Å². The Morgan fingerprint density at radius 1 is 0.346 bits per heavy atom. The quantitative estimate of drug-likeness (QED) is 0.185. The molecule has 240 valence electrons. The molecule has 3 nitrogen and oxygen atoms in total. The highest BCUT2D eigenvalue weighted by Gasteiger charge is 2.24. The van der Waals surface area contributed by atoms with Crippen LogP contribution in [0, 0.1) is 0 Å². The number of fused-ring (bicyclic) bond motifs is 11. The monoisotopic (exact) mass is 659 g/mol. The first-order valence-electron chi connectivity index (χ1n) is 17.9. The van der Waals surface area contributed by atoms with Crippen molar-refractivity contribution < 1.29 is 0 Å². The average molecular weight is 660 g/mol. The molecule has 11 aromatic rings. The molecular formula is C49H29N3. The van der Waals surface area contributed by atoms with Crippen LogP contribution in [-0.4, -0.2) is 14.1 Å². The van der Waals surface area contributed by atoms with Crippen LogP contribution in [0.5, 0.6) is 0 Å². The third-order valence-corrected chi connectivity index (χ3v) is 11.2. The molecule has 0 radical (unpaired) electrons. The average Bonchev–Trinajstić information content (AvgIpc) is 3.84. The van der Waals surface area contributed by atoms with Crippen LogP contribution in [0.15, 0.2) is 176 Å². The van der Waals surface area contributed by atoms with Gasteiger partial charge in [-0.1, -0.05) is 103 Å². The first-order chi connectivity index (χ1) is 25.8. The maximum atomic E-state index is 4.88. The minimum absolute atomic E-state index is 1.06. The van der Waals surface area contributed by atoms with Gasteiger partial charge in [-0.05, 0) is 105 Å². The minimum atomic E-state index is 1.06. The molecule has 0 unspecified atom stereocenters. The molecule has 0 bridgehead atoms. The number of aromatic nitrogens is 3. The maximum Gasteiger partial charge on any atom is 0.0787 e.